The molecule has 92 valence electrons. The van der Waals surface area contributed by atoms with Crippen molar-refractivity contribution < 1.29 is 41.9 Å². The highest BCUT2D eigenvalue weighted by molar-refractivity contribution is 7.68. The smallest absolute Gasteiger partial charge is 0.477 e. The minimum absolute atomic E-state index is 0.450. The molecule has 0 aromatic rings. The van der Waals surface area contributed by atoms with Gasteiger partial charge in [0.15, 0.2) is 0 Å². The van der Waals surface area contributed by atoms with Gasteiger partial charge in [0.05, 0.1) is 0 Å². The molecule has 11 nitrogen and oxygen atoms in total. The number of hydrogen-bond donors (Lipinski definition) is 4. The van der Waals surface area contributed by atoms with Crippen LogP contribution < -0.4 is 0 Å². The van der Waals surface area contributed by atoms with Crippen LogP contribution in [0.15, 0.2) is 0 Å². The van der Waals surface area contributed by atoms with Crippen molar-refractivity contribution >= 4 is 23.4 Å². The van der Waals surface area contributed by atoms with Crippen LogP contribution in [0.5, 0.6) is 0 Å². The zero-order chi connectivity index (χ0) is 12.5. The van der Waals surface area contributed by atoms with Crippen molar-refractivity contribution in [1.82, 2.24) is 4.83 Å². The lowest BCUT2D eigenvalue weighted by Crippen LogP contribution is -2.10. The molecule has 0 heterocycles. The highest BCUT2D eigenvalue weighted by atomic mass is 31.3. The van der Waals surface area contributed by atoms with Crippen LogP contribution in [0.4, 0.5) is 0 Å². The van der Waals surface area contributed by atoms with Gasteiger partial charge in [0.25, 0.3) is 0 Å². The predicted molar refractivity (Wildman–Crippen MR) is 45.0 cm³/mol. The first-order chi connectivity index (χ1) is 6.36. The van der Waals surface area contributed by atoms with Crippen molar-refractivity contribution in [3.8, 4) is 0 Å². The Balaban J connectivity index is 5.03. The molecule has 14 heteroatoms. The molecular weight excluding hydrogens is 279 g/mol. The van der Waals surface area contributed by atoms with E-state index < -0.39 is 28.2 Å². The van der Waals surface area contributed by atoms with Crippen molar-refractivity contribution in [3.63, 3.8) is 0 Å². The normalized spacial score (nSPS) is 14.6. The average Bonchev–Trinajstić information content (AvgIpc) is 1.75. The molecular formula is CH7NO10P3-. The van der Waals surface area contributed by atoms with Crippen LogP contribution in [-0.2, 0) is 22.3 Å². The van der Waals surface area contributed by atoms with Gasteiger partial charge < -0.3 is 24.8 Å². The Morgan fingerprint density at radius 1 is 1.00 bits per heavy atom. The van der Waals surface area contributed by atoms with Gasteiger partial charge in [-0.1, -0.05) is 0 Å². The fourth-order valence-electron chi connectivity index (χ4n) is 0.387. The van der Waals surface area contributed by atoms with Crippen LogP contribution >= 0.6 is 23.4 Å². The number of rotatable bonds is 5. The van der Waals surface area contributed by atoms with Crippen molar-refractivity contribution in [3.05, 3.63) is 5.21 Å². The van der Waals surface area contributed by atoms with E-state index in [4.69, 9.17) is 19.6 Å². The molecule has 0 aromatic heterocycles. The van der Waals surface area contributed by atoms with Crippen LogP contribution in [0.2, 0.25) is 0 Å². The summed E-state index contributed by atoms with van der Waals surface area (Å²) in [5.41, 5.74) is 0. The van der Waals surface area contributed by atoms with Gasteiger partial charge in [-0.25, -0.2) is 13.7 Å². The van der Waals surface area contributed by atoms with Gasteiger partial charge >= 0.3 is 23.4 Å². The summed E-state index contributed by atoms with van der Waals surface area (Å²) in [6.07, 6.45) is 0. The Bertz CT molecular complexity index is 320. The summed E-state index contributed by atoms with van der Waals surface area (Å²) in [6, 6.07) is 0. The maximum atomic E-state index is 11.1. The Kier molecular flexibility index (Phi) is 4.82. The maximum Gasteiger partial charge on any atom is 0.477 e. The second kappa shape index (κ2) is 4.70. The number of hydroxylamine groups is 1. The zero-order valence-electron chi connectivity index (χ0n) is 7.03. The molecule has 0 unspecified atom stereocenters. The number of phosphoric acid groups is 2. The SMILES string of the molecule is CN([O-])P(=O)(OP(=O)(O)O)OP(=O)(O)O. The van der Waals surface area contributed by atoms with Crippen molar-refractivity contribution in [1.29, 1.82) is 0 Å². The molecule has 0 aromatic carbocycles. The van der Waals surface area contributed by atoms with Gasteiger partial charge in [-0.05, 0) is 7.05 Å². The molecule has 0 rings (SSSR count). The second-order valence-corrected chi connectivity index (χ2v) is 6.85. The summed E-state index contributed by atoms with van der Waals surface area (Å²) in [6.45, 7) is 0. The molecule has 0 amide bonds. The molecule has 0 spiro atoms. The third kappa shape index (κ3) is 6.52. The molecule has 0 radical (unpaired) electrons. The highest BCUT2D eigenvalue weighted by Crippen LogP contribution is 2.68. The van der Waals surface area contributed by atoms with Gasteiger partial charge in [0, 0.05) is 0 Å². The lowest BCUT2D eigenvalue weighted by Gasteiger charge is -2.30. The summed E-state index contributed by atoms with van der Waals surface area (Å²) < 4.78 is 38.4. The highest BCUT2D eigenvalue weighted by Gasteiger charge is 2.40. The molecule has 0 aliphatic carbocycles. The van der Waals surface area contributed by atoms with E-state index in [0.717, 1.165) is 0 Å². The van der Waals surface area contributed by atoms with Crippen molar-refractivity contribution in [2.45, 2.75) is 0 Å². The van der Waals surface area contributed by atoms with Gasteiger partial charge in [-0.3, -0.25) is 4.83 Å². The standard InChI is InChI=1S/CH7NO10P3/c1-2(3)13(4,11-14(5,6)7)12-15(8,9)10/h1H3,(H2,5,6,7)(H2,8,9,10)/q-1. The van der Waals surface area contributed by atoms with Crippen LogP contribution in [0.3, 0.4) is 0 Å². The first kappa shape index (κ1) is 15.4. The van der Waals surface area contributed by atoms with Gasteiger partial charge in [0.2, 0.25) is 0 Å². The lowest BCUT2D eigenvalue weighted by atomic mass is 11.6. The summed E-state index contributed by atoms with van der Waals surface area (Å²) in [7, 11) is -15.6. The van der Waals surface area contributed by atoms with Crippen molar-refractivity contribution in [2.24, 2.45) is 0 Å². The largest absolute Gasteiger partial charge is 0.777 e. The van der Waals surface area contributed by atoms with Gasteiger partial charge in [0.1, 0.15) is 0 Å². The third-order valence-corrected chi connectivity index (χ3v) is 4.81. The van der Waals surface area contributed by atoms with E-state index in [1.807, 2.05) is 0 Å². The van der Waals surface area contributed by atoms with E-state index in [9.17, 15) is 18.9 Å². The van der Waals surface area contributed by atoms with E-state index in [-0.39, 0.29) is 0 Å². The third-order valence-electron chi connectivity index (χ3n) is 0.764. The molecule has 0 atom stereocenters. The average molecular weight is 286 g/mol. The lowest BCUT2D eigenvalue weighted by molar-refractivity contribution is 0.223. The fraction of sp³-hybridized carbons (Fsp3) is 1.00. The molecule has 0 aliphatic rings. The second-order valence-electron chi connectivity index (χ2n) is 2.08. The summed E-state index contributed by atoms with van der Waals surface area (Å²) in [4.78, 5) is 32.1. The molecule has 0 fully saturated rings. The van der Waals surface area contributed by atoms with Crippen LogP contribution in [0.1, 0.15) is 0 Å². The fourth-order valence-corrected chi connectivity index (χ4v) is 3.75. The van der Waals surface area contributed by atoms with Crippen LogP contribution in [0.25, 0.3) is 0 Å². The zero-order valence-corrected chi connectivity index (χ0v) is 9.71. The van der Waals surface area contributed by atoms with E-state index in [1.165, 1.54) is 0 Å². The quantitative estimate of drug-likeness (QED) is 0.386. The van der Waals surface area contributed by atoms with Crippen LogP contribution in [-0.4, -0.2) is 31.5 Å². The molecule has 0 aliphatic heterocycles. The Hall–Kier alpha value is 0.370. The van der Waals surface area contributed by atoms with Gasteiger partial charge in [-0.2, -0.15) is 8.62 Å². The Morgan fingerprint density at radius 3 is 1.40 bits per heavy atom. The summed E-state index contributed by atoms with van der Waals surface area (Å²) >= 11 is 0. The molecule has 0 saturated heterocycles. The topological polar surface area (TPSA) is 177 Å². The summed E-state index contributed by atoms with van der Waals surface area (Å²) in [5.74, 6) is 0. The Morgan fingerprint density at radius 2 is 1.27 bits per heavy atom. The molecule has 4 N–H and O–H groups in total. The Labute approximate surface area is 83.3 Å². The number of hydrogen-bond acceptors (Lipinski definition) is 6. The van der Waals surface area contributed by atoms with Crippen LogP contribution in [0, 0.1) is 5.21 Å². The monoisotopic (exact) mass is 286 g/mol. The molecule has 0 saturated carbocycles. The summed E-state index contributed by atoms with van der Waals surface area (Å²) in [5, 5.41) is 10.5. The van der Waals surface area contributed by atoms with E-state index in [1.54, 1.807) is 0 Å². The molecule has 0 bridgehead atoms. The molecule has 15 heavy (non-hydrogen) atoms. The number of nitrogens with zero attached hydrogens (tertiary/aromatic N) is 1. The first-order valence-corrected chi connectivity index (χ1v) is 7.46. The van der Waals surface area contributed by atoms with Gasteiger partial charge in [-0.15, -0.1) is 0 Å². The van der Waals surface area contributed by atoms with E-state index >= 15 is 0 Å². The minimum atomic E-state index is -5.40. The van der Waals surface area contributed by atoms with E-state index in [0.29, 0.717) is 7.05 Å². The van der Waals surface area contributed by atoms with E-state index in [2.05, 4.69) is 8.62 Å². The predicted octanol–water partition coefficient (Wildman–Crippen LogP) is -0.257. The first-order valence-electron chi connectivity index (χ1n) is 2.91. The van der Waals surface area contributed by atoms with Crippen molar-refractivity contribution in [2.75, 3.05) is 7.05 Å². The maximum absolute atomic E-state index is 11.1. The minimum Gasteiger partial charge on any atom is -0.777 e.